The summed E-state index contributed by atoms with van der Waals surface area (Å²) in [7, 11) is 0. The smallest absolute Gasteiger partial charge is 0.173 e. The third-order valence-corrected chi connectivity index (χ3v) is 2.39. The number of halogens is 3. The molecule has 1 aromatic rings. The number of para-hydroxylation sites is 1. The Kier molecular flexibility index (Phi) is 5.59. The highest BCUT2D eigenvalue weighted by molar-refractivity contribution is 14.1. The molecule has 84 valence electrons. The van der Waals surface area contributed by atoms with Crippen molar-refractivity contribution in [1.29, 1.82) is 0 Å². The predicted molar refractivity (Wildman–Crippen MR) is 64.9 cm³/mol. The number of hydrogen-bond acceptors (Lipinski definition) is 3. The Morgan fingerprint density at radius 1 is 1.60 bits per heavy atom. The summed E-state index contributed by atoms with van der Waals surface area (Å²) in [6.45, 7) is 0.364. The number of aliphatic hydroxyl groups excluding tert-OH is 1. The van der Waals surface area contributed by atoms with E-state index < -0.39 is 11.9 Å². The third-order valence-electron chi connectivity index (χ3n) is 1.65. The van der Waals surface area contributed by atoms with Crippen LogP contribution in [-0.4, -0.2) is 24.4 Å². The van der Waals surface area contributed by atoms with Gasteiger partial charge in [0.15, 0.2) is 11.6 Å². The van der Waals surface area contributed by atoms with Crippen LogP contribution in [0.4, 0.5) is 4.39 Å². The van der Waals surface area contributed by atoms with Gasteiger partial charge in [0.1, 0.15) is 12.7 Å². The van der Waals surface area contributed by atoms with E-state index in [9.17, 15) is 9.50 Å². The van der Waals surface area contributed by atoms with Gasteiger partial charge in [0, 0.05) is 29.4 Å². The molecule has 2 N–H and O–H groups in total. The first-order chi connectivity index (χ1) is 7.15. The normalized spacial score (nSPS) is 12.5. The van der Waals surface area contributed by atoms with E-state index in [1.807, 2.05) is 22.9 Å². The molecule has 0 aliphatic heterocycles. The maximum Gasteiger partial charge on any atom is 0.173 e. The topological polar surface area (TPSA) is 41.5 Å². The molecule has 0 aliphatic carbocycles. The van der Waals surface area contributed by atoms with Crippen LogP contribution in [0.2, 0.25) is 5.02 Å². The van der Waals surface area contributed by atoms with Crippen molar-refractivity contribution in [3.05, 3.63) is 29.0 Å². The molecule has 0 amide bonds. The van der Waals surface area contributed by atoms with Crippen LogP contribution in [0.1, 0.15) is 0 Å². The summed E-state index contributed by atoms with van der Waals surface area (Å²) >= 11 is 7.63. The van der Waals surface area contributed by atoms with Crippen molar-refractivity contribution in [2.24, 2.45) is 0 Å². The number of benzene rings is 1. The Hall–Kier alpha value is -0.110. The predicted octanol–water partition coefficient (Wildman–Crippen LogP) is 2.16. The lowest BCUT2D eigenvalue weighted by molar-refractivity contribution is 0.110. The number of ether oxygens (including phenoxy) is 1. The molecule has 0 fully saturated rings. The van der Waals surface area contributed by atoms with Crippen LogP contribution in [0, 0.1) is 5.82 Å². The quantitative estimate of drug-likeness (QED) is 0.635. The molecule has 15 heavy (non-hydrogen) atoms. The highest BCUT2D eigenvalue weighted by atomic mass is 127. The lowest BCUT2D eigenvalue weighted by Crippen LogP contribution is -2.26. The van der Waals surface area contributed by atoms with Crippen molar-refractivity contribution in [2.75, 3.05) is 13.2 Å². The van der Waals surface area contributed by atoms with Crippen molar-refractivity contribution < 1.29 is 14.2 Å². The van der Waals surface area contributed by atoms with Gasteiger partial charge in [-0.15, -0.1) is 0 Å². The summed E-state index contributed by atoms with van der Waals surface area (Å²) in [6.07, 6.45) is -0.697. The van der Waals surface area contributed by atoms with Crippen molar-refractivity contribution in [3.8, 4) is 5.75 Å². The van der Waals surface area contributed by atoms with Crippen molar-refractivity contribution in [2.45, 2.75) is 6.10 Å². The van der Waals surface area contributed by atoms with Gasteiger partial charge in [-0.25, -0.2) is 4.39 Å². The summed E-state index contributed by atoms with van der Waals surface area (Å²) in [5, 5.41) is 9.53. The van der Waals surface area contributed by atoms with Gasteiger partial charge < -0.3 is 9.84 Å². The third kappa shape index (κ3) is 4.10. The fourth-order valence-corrected chi connectivity index (χ4v) is 1.67. The van der Waals surface area contributed by atoms with E-state index in [0.29, 0.717) is 6.54 Å². The monoisotopic (exact) mass is 345 g/mol. The van der Waals surface area contributed by atoms with E-state index >= 15 is 0 Å². The lowest BCUT2D eigenvalue weighted by Gasteiger charge is -2.12. The SMILES string of the molecule is OC(CNI)COc1c(F)cccc1Cl. The van der Waals surface area contributed by atoms with E-state index in [1.165, 1.54) is 18.2 Å². The van der Waals surface area contributed by atoms with Crippen LogP contribution >= 0.6 is 34.5 Å². The van der Waals surface area contributed by atoms with Crippen molar-refractivity contribution in [3.63, 3.8) is 0 Å². The van der Waals surface area contributed by atoms with E-state index in [1.54, 1.807) is 0 Å². The molecule has 1 rings (SSSR count). The fourth-order valence-electron chi connectivity index (χ4n) is 0.948. The average Bonchev–Trinajstić information content (AvgIpc) is 2.17. The second kappa shape index (κ2) is 6.47. The van der Waals surface area contributed by atoms with Gasteiger partial charge in [-0.2, -0.15) is 0 Å². The molecule has 0 saturated carbocycles. The molecular weight excluding hydrogens is 335 g/mol. The van der Waals surface area contributed by atoms with Crippen LogP contribution in [0.25, 0.3) is 0 Å². The Labute approximate surface area is 106 Å². The number of rotatable bonds is 5. The number of nitrogens with one attached hydrogen (secondary N) is 1. The van der Waals surface area contributed by atoms with Crippen LogP contribution in [0.5, 0.6) is 5.75 Å². The number of hydrogen-bond donors (Lipinski definition) is 2. The van der Waals surface area contributed by atoms with Crippen molar-refractivity contribution in [1.82, 2.24) is 3.53 Å². The molecule has 0 heterocycles. The van der Waals surface area contributed by atoms with Gasteiger partial charge in [0.05, 0.1) is 5.02 Å². The molecule has 0 aromatic heterocycles. The molecule has 3 nitrogen and oxygen atoms in total. The Bertz CT molecular complexity index is 307. The van der Waals surface area contributed by atoms with Crippen LogP contribution in [-0.2, 0) is 0 Å². The minimum absolute atomic E-state index is 0.00332. The minimum atomic E-state index is -0.697. The molecule has 0 radical (unpaired) electrons. The Morgan fingerprint density at radius 3 is 2.93 bits per heavy atom. The van der Waals surface area contributed by atoms with Gasteiger partial charge in [0.2, 0.25) is 0 Å². The summed E-state index contributed by atoms with van der Waals surface area (Å²) < 4.78 is 21.0. The van der Waals surface area contributed by atoms with E-state index in [4.69, 9.17) is 16.3 Å². The van der Waals surface area contributed by atoms with Gasteiger partial charge in [-0.1, -0.05) is 17.7 Å². The summed E-state index contributed by atoms with van der Waals surface area (Å²) in [4.78, 5) is 0. The van der Waals surface area contributed by atoms with Gasteiger partial charge in [-0.05, 0) is 12.1 Å². The molecule has 1 unspecified atom stereocenters. The van der Waals surface area contributed by atoms with Crippen LogP contribution < -0.4 is 8.27 Å². The maximum atomic E-state index is 13.2. The van der Waals surface area contributed by atoms with Crippen LogP contribution in [0.15, 0.2) is 18.2 Å². The van der Waals surface area contributed by atoms with E-state index in [2.05, 4.69) is 3.53 Å². The second-order valence-electron chi connectivity index (χ2n) is 2.85. The highest BCUT2D eigenvalue weighted by Gasteiger charge is 2.10. The lowest BCUT2D eigenvalue weighted by atomic mass is 10.3. The van der Waals surface area contributed by atoms with E-state index in [0.717, 1.165) is 0 Å². The molecule has 0 saturated heterocycles. The van der Waals surface area contributed by atoms with Crippen molar-refractivity contribution >= 4 is 34.5 Å². The summed E-state index contributed by atoms with van der Waals surface area (Å²) in [5.41, 5.74) is 0. The molecule has 6 heteroatoms. The number of aliphatic hydroxyl groups is 1. The minimum Gasteiger partial charge on any atom is -0.486 e. The highest BCUT2D eigenvalue weighted by Crippen LogP contribution is 2.27. The van der Waals surface area contributed by atoms with Gasteiger partial charge in [0.25, 0.3) is 0 Å². The van der Waals surface area contributed by atoms with E-state index in [-0.39, 0.29) is 17.4 Å². The molecule has 0 bridgehead atoms. The van der Waals surface area contributed by atoms with Gasteiger partial charge in [-0.3, -0.25) is 3.53 Å². The average molecular weight is 346 g/mol. The first kappa shape index (κ1) is 13.0. The Morgan fingerprint density at radius 2 is 2.33 bits per heavy atom. The zero-order valence-electron chi connectivity index (χ0n) is 7.71. The maximum absolute atomic E-state index is 13.2. The zero-order chi connectivity index (χ0) is 11.3. The Balaban J connectivity index is 2.57. The molecule has 1 atom stereocenters. The standard InChI is InChI=1S/C9H10ClFINO2/c10-7-2-1-3-8(11)9(7)15-5-6(14)4-13-12/h1-3,6,13-14H,4-5H2. The summed E-state index contributed by atoms with van der Waals surface area (Å²) in [5.74, 6) is -0.552. The molecule has 0 aliphatic rings. The molecular formula is C9H10ClFINO2. The molecule has 1 aromatic carbocycles. The van der Waals surface area contributed by atoms with Gasteiger partial charge >= 0.3 is 0 Å². The second-order valence-corrected chi connectivity index (χ2v) is 4.02. The van der Waals surface area contributed by atoms with Crippen LogP contribution in [0.3, 0.4) is 0 Å². The first-order valence-electron chi connectivity index (χ1n) is 4.23. The fraction of sp³-hybridized carbons (Fsp3) is 0.333. The largest absolute Gasteiger partial charge is 0.486 e. The summed E-state index contributed by atoms with van der Waals surface area (Å²) in [6, 6.07) is 4.28. The zero-order valence-corrected chi connectivity index (χ0v) is 10.6. The molecule has 0 spiro atoms. The first-order valence-corrected chi connectivity index (χ1v) is 5.69.